The molecule has 0 saturated heterocycles. The highest BCUT2D eigenvalue weighted by atomic mass is 16.5. The number of benzene rings is 1. The Morgan fingerprint density at radius 3 is 2.67 bits per heavy atom. The molecule has 0 radical (unpaired) electrons. The van der Waals surface area contributed by atoms with Gasteiger partial charge in [-0.1, -0.05) is 19.1 Å². The van der Waals surface area contributed by atoms with Gasteiger partial charge in [-0.25, -0.2) is 0 Å². The molecule has 1 aliphatic heterocycles. The summed E-state index contributed by atoms with van der Waals surface area (Å²) in [6, 6.07) is 6.43. The molecule has 0 fully saturated rings. The van der Waals surface area contributed by atoms with Gasteiger partial charge in [0, 0.05) is 0 Å². The van der Waals surface area contributed by atoms with Crippen molar-refractivity contribution in [1.82, 2.24) is 0 Å². The van der Waals surface area contributed by atoms with Crippen LogP contribution < -0.4 is 10.2 Å². The van der Waals surface area contributed by atoms with Crippen molar-refractivity contribution in [1.29, 1.82) is 0 Å². The number of carbonyl (C=O) groups excluding carboxylic acids is 3. The van der Waals surface area contributed by atoms with Crippen molar-refractivity contribution in [3.8, 4) is 0 Å². The zero-order valence-electron chi connectivity index (χ0n) is 12.1. The van der Waals surface area contributed by atoms with Gasteiger partial charge >= 0.3 is 5.97 Å². The Kier molecular flexibility index (Phi) is 4.57. The Bertz CT molecular complexity index is 571. The second-order valence-electron chi connectivity index (χ2n) is 4.68. The minimum absolute atomic E-state index is 0.223. The summed E-state index contributed by atoms with van der Waals surface area (Å²) in [5.41, 5.74) is 1.18. The van der Waals surface area contributed by atoms with Crippen molar-refractivity contribution in [3.05, 3.63) is 24.3 Å². The zero-order valence-corrected chi connectivity index (χ0v) is 12.1. The van der Waals surface area contributed by atoms with Gasteiger partial charge in [0.2, 0.25) is 11.8 Å². The number of ether oxygens (including phenoxy) is 1. The van der Waals surface area contributed by atoms with Crippen LogP contribution >= 0.6 is 0 Å². The first-order chi connectivity index (χ1) is 10.1. The van der Waals surface area contributed by atoms with Gasteiger partial charge in [0.25, 0.3) is 0 Å². The summed E-state index contributed by atoms with van der Waals surface area (Å²) < 4.78 is 4.80. The Balaban J connectivity index is 2.31. The second kappa shape index (κ2) is 6.39. The first kappa shape index (κ1) is 15.0. The molecule has 21 heavy (non-hydrogen) atoms. The number of amides is 2. The van der Waals surface area contributed by atoms with Gasteiger partial charge in [-0.15, -0.1) is 0 Å². The van der Waals surface area contributed by atoms with Gasteiger partial charge in [-0.2, -0.15) is 0 Å². The molecule has 1 aromatic rings. The molecule has 1 atom stereocenters. The van der Waals surface area contributed by atoms with Crippen molar-refractivity contribution in [2.75, 3.05) is 16.8 Å². The van der Waals surface area contributed by atoms with Gasteiger partial charge in [-0.05, 0) is 25.5 Å². The van der Waals surface area contributed by atoms with E-state index in [-0.39, 0.29) is 18.9 Å². The maximum atomic E-state index is 12.4. The summed E-state index contributed by atoms with van der Waals surface area (Å²) in [7, 11) is 0. The Labute approximate surface area is 123 Å². The maximum absolute atomic E-state index is 12.4. The van der Waals surface area contributed by atoms with Crippen LogP contribution in [0.25, 0.3) is 0 Å². The lowest BCUT2D eigenvalue weighted by Crippen LogP contribution is -2.51. The smallest absolute Gasteiger partial charge is 0.315 e. The lowest BCUT2D eigenvalue weighted by Gasteiger charge is -2.35. The number of carbonyl (C=O) groups is 3. The van der Waals surface area contributed by atoms with E-state index in [1.165, 1.54) is 4.90 Å². The van der Waals surface area contributed by atoms with Crippen LogP contribution in [0.15, 0.2) is 24.3 Å². The van der Waals surface area contributed by atoms with Gasteiger partial charge in [-0.3, -0.25) is 19.3 Å². The molecule has 1 aromatic carbocycles. The van der Waals surface area contributed by atoms with E-state index in [2.05, 4.69) is 5.32 Å². The number of hydrogen-bond acceptors (Lipinski definition) is 4. The summed E-state index contributed by atoms with van der Waals surface area (Å²) in [6.07, 6.45) is 0.0979. The number of para-hydroxylation sites is 2. The normalized spacial score (nSPS) is 17.0. The molecular weight excluding hydrogens is 272 g/mol. The molecule has 0 aromatic heterocycles. The fraction of sp³-hybridized carbons (Fsp3) is 0.400. The number of anilines is 2. The predicted octanol–water partition coefficient (Wildman–Crippen LogP) is 1.70. The summed E-state index contributed by atoms with van der Waals surface area (Å²) in [5, 5.41) is 2.78. The van der Waals surface area contributed by atoms with Gasteiger partial charge < -0.3 is 10.1 Å². The molecule has 6 heteroatoms. The lowest BCUT2D eigenvalue weighted by atomic mass is 10.1. The number of rotatable bonds is 4. The van der Waals surface area contributed by atoms with Crippen LogP contribution in [-0.2, 0) is 19.1 Å². The van der Waals surface area contributed by atoms with E-state index in [9.17, 15) is 14.4 Å². The van der Waals surface area contributed by atoms with E-state index in [1.807, 2.05) is 6.92 Å². The largest absolute Gasteiger partial charge is 0.466 e. The van der Waals surface area contributed by atoms with E-state index < -0.39 is 17.9 Å². The van der Waals surface area contributed by atoms with E-state index in [0.717, 1.165) is 0 Å². The molecule has 2 amide bonds. The highest BCUT2D eigenvalue weighted by Gasteiger charge is 2.36. The molecule has 1 aliphatic rings. The zero-order chi connectivity index (χ0) is 15.4. The van der Waals surface area contributed by atoms with Crippen LogP contribution in [0.4, 0.5) is 11.4 Å². The van der Waals surface area contributed by atoms with E-state index in [4.69, 9.17) is 4.74 Å². The second-order valence-corrected chi connectivity index (χ2v) is 4.68. The number of nitrogens with zero attached hydrogens (tertiary/aromatic N) is 1. The van der Waals surface area contributed by atoms with Crippen LogP contribution in [-0.4, -0.2) is 30.4 Å². The summed E-state index contributed by atoms with van der Waals surface area (Å²) in [4.78, 5) is 37.4. The molecule has 1 heterocycles. The SMILES string of the molecule is CCOC(=O)CC(=O)N1c2ccccc2NC(=O)[C@H]1CC. The average Bonchev–Trinajstić information content (AvgIpc) is 2.45. The highest BCUT2D eigenvalue weighted by Crippen LogP contribution is 2.33. The van der Waals surface area contributed by atoms with E-state index in [1.54, 1.807) is 31.2 Å². The van der Waals surface area contributed by atoms with E-state index in [0.29, 0.717) is 17.8 Å². The summed E-state index contributed by atoms with van der Waals surface area (Å²) in [5.74, 6) is -1.25. The Hall–Kier alpha value is -2.37. The third-order valence-corrected chi connectivity index (χ3v) is 3.29. The third-order valence-electron chi connectivity index (χ3n) is 3.29. The van der Waals surface area contributed by atoms with Crippen LogP contribution in [0.3, 0.4) is 0 Å². The minimum Gasteiger partial charge on any atom is -0.466 e. The molecule has 1 N–H and O–H groups in total. The summed E-state index contributed by atoms with van der Waals surface area (Å²) in [6.45, 7) is 3.73. The number of hydrogen-bond donors (Lipinski definition) is 1. The number of esters is 1. The molecule has 0 saturated carbocycles. The van der Waals surface area contributed by atoms with Crippen molar-refractivity contribution in [2.24, 2.45) is 0 Å². The quantitative estimate of drug-likeness (QED) is 0.676. The fourth-order valence-electron chi connectivity index (χ4n) is 2.39. The van der Waals surface area contributed by atoms with Gasteiger partial charge in [0.05, 0.1) is 18.0 Å². The molecule has 0 unspecified atom stereocenters. The first-order valence-electron chi connectivity index (χ1n) is 6.96. The minimum atomic E-state index is -0.609. The lowest BCUT2D eigenvalue weighted by molar-refractivity contribution is -0.145. The highest BCUT2D eigenvalue weighted by molar-refractivity contribution is 6.14. The van der Waals surface area contributed by atoms with E-state index >= 15 is 0 Å². The average molecular weight is 290 g/mol. The van der Waals surface area contributed by atoms with Gasteiger partial charge in [0.15, 0.2) is 0 Å². The van der Waals surface area contributed by atoms with Crippen molar-refractivity contribution >= 4 is 29.2 Å². The monoisotopic (exact) mass is 290 g/mol. The molecule has 112 valence electrons. The van der Waals surface area contributed by atoms with Crippen LogP contribution in [0.5, 0.6) is 0 Å². The Morgan fingerprint density at radius 1 is 1.29 bits per heavy atom. The van der Waals surface area contributed by atoms with Gasteiger partial charge in [0.1, 0.15) is 12.5 Å². The third kappa shape index (κ3) is 3.04. The standard InChI is InChI=1S/C15H18N2O4/c1-3-11-15(20)16-10-7-5-6-8-12(10)17(11)13(18)9-14(19)21-4-2/h5-8,11H,3-4,9H2,1-2H3,(H,16,20)/t11-/m1/s1. The predicted molar refractivity (Wildman–Crippen MR) is 77.9 cm³/mol. The van der Waals surface area contributed by atoms with Crippen molar-refractivity contribution in [2.45, 2.75) is 32.7 Å². The molecular formula is C15H18N2O4. The van der Waals surface area contributed by atoms with Crippen LogP contribution in [0.2, 0.25) is 0 Å². The van der Waals surface area contributed by atoms with Crippen LogP contribution in [0, 0.1) is 0 Å². The molecule has 0 bridgehead atoms. The summed E-state index contributed by atoms with van der Waals surface area (Å²) >= 11 is 0. The van der Waals surface area contributed by atoms with Crippen molar-refractivity contribution in [3.63, 3.8) is 0 Å². The first-order valence-corrected chi connectivity index (χ1v) is 6.96. The molecule has 0 aliphatic carbocycles. The molecule has 2 rings (SSSR count). The maximum Gasteiger partial charge on any atom is 0.315 e. The molecule has 0 spiro atoms. The molecule has 6 nitrogen and oxygen atoms in total. The topological polar surface area (TPSA) is 75.7 Å². The number of nitrogens with one attached hydrogen (secondary N) is 1. The Morgan fingerprint density at radius 2 is 2.00 bits per heavy atom. The van der Waals surface area contributed by atoms with Crippen LogP contribution in [0.1, 0.15) is 26.7 Å². The fourth-order valence-corrected chi connectivity index (χ4v) is 2.39. The number of fused-ring (bicyclic) bond motifs is 1. The van der Waals surface area contributed by atoms with Crippen molar-refractivity contribution < 1.29 is 19.1 Å².